The summed E-state index contributed by atoms with van der Waals surface area (Å²) in [5.41, 5.74) is 7.87. The minimum Gasteiger partial charge on any atom is -0.469 e. The minimum atomic E-state index is -0.194. The lowest BCUT2D eigenvalue weighted by molar-refractivity contribution is 0.310. The number of aryl methyl sites for hydroxylation is 1. The molecule has 102 valence electrons. The fraction of sp³-hybridized carbons (Fsp3) is 0.333. The van der Waals surface area contributed by atoms with Gasteiger partial charge in [0.15, 0.2) is 0 Å². The maximum Gasteiger partial charge on any atom is 0.132 e. The summed E-state index contributed by atoms with van der Waals surface area (Å²) in [7, 11) is 1.96. The molecule has 2 aromatic rings. The van der Waals surface area contributed by atoms with Gasteiger partial charge in [0.05, 0.1) is 6.26 Å². The van der Waals surface area contributed by atoms with E-state index in [1.807, 2.05) is 26.1 Å². The van der Waals surface area contributed by atoms with Crippen molar-refractivity contribution in [3.05, 3.63) is 58.8 Å². The molecule has 3 nitrogen and oxygen atoms in total. The van der Waals surface area contributed by atoms with Crippen LogP contribution in [-0.2, 0) is 19.6 Å². The molecule has 0 aliphatic rings. The molecule has 2 N–H and O–H groups in total. The lowest BCUT2D eigenvalue weighted by atomic mass is 10.1. The topological polar surface area (TPSA) is 42.4 Å². The van der Waals surface area contributed by atoms with Crippen molar-refractivity contribution in [2.45, 2.75) is 26.6 Å². The van der Waals surface area contributed by atoms with Gasteiger partial charge in [0.1, 0.15) is 11.6 Å². The molecule has 0 bridgehead atoms. The Balaban J connectivity index is 2.07. The summed E-state index contributed by atoms with van der Waals surface area (Å²) in [5, 5.41) is 0. The van der Waals surface area contributed by atoms with Crippen molar-refractivity contribution in [3.63, 3.8) is 0 Å². The van der Waals surface area contributed by atoms with Crippen LogP contribution in [-0.4, -0.2) is 11.9 Å². The van der Waals surface area contributed by atoms with Crippen LogP contribution in [0.2, 0.25) is 0 Å². The first-order chi connectivity index (χ1) is 9.11. The molecule has 1 aromatic carbocycles. The van der Waals surface area contributed by atoms with Gasteiger partial charge >= 0.3 is 0 Å². The van der Waals surface area contributed by atoms with Crippen molar-refractivity contribution in [2.75, 3.05) is 7.05 Å². The summed E-state index contributed by atoms with van der Waals surface area (Å²) in [6.07, 6.45) is 1.67. The van der Waals surface area contributed by atoms with Crippen LogP contribution in [0, 0.1) is 12.7 Å². The van der Waals surface area contributed by atoms with E-state index in [-0.39, 0.29) is 12.4 Å². The zero-order chi connectivity index (χ0) is 13.8. The van der Waals surface area contributed by atoms with Crippen molar-refractivity contribution < 1.29 is 8.81 Å². The molecular weight excluding hydrogens is 243 g/mol. The molecule has 2 rings (SSSR count). The van der Waals surface area contributed by atoms with E-state index in [2.05, 4.69) is 4.90 Å². The molecule has 1 aromatic heterocycles. The number of furan rings is 1. The zero-order valence-electron chi connectivity index (χ0n) is 11.3. The molecular formula is C15H19FN2O. The molecule has 4 heteroatoms. The first kappa shape index (κ1) is 13.8. The number of halogens is 1. The minimum absolute atomic E-state index is 0.194. The fourth-order valence-corrected chi connectivity index (χ4v) is 2.13. The number of nitrogens with two attached hydrogens (primary N) is 1. The smallest absolute Gasteiger partial charge is 0.132 e. The highest BCUT2D eigenvalue weighted by Crippen LogP contribution is 2.17. The molecule has 0 radical (unpaired) electrons. The van der Waals surface area contributed by atoms with Gasteiger partial charge in [-0.25, -0.2) is 4.39 Å². The standard InChI is InChI=1S/C15H19FN2O/c1-11-13(6-7-19-11)9-18(2)10-14-5-3-4-12(8-17)15(14)16/h3-7H,8-10,17H2,1-2H3. The molecule has 0 aliphatic carbocycles. The molecule has 0 saturated heterocycles. The van der Waals surface area contributed by atoms with E-state index in [0.29, 0.717) is 17.7 Å². The molecule has 0 spiro atoms. The molecule has 0 amide bonds. The van der Waals surface area contributed by atoms with Crippen molar-refractivity contribution in [3.8, 4) is 0 Å². The highest BCUT2D eigenvalue weighted by molar-refractivity contribution is 5.26. The van der Waals surface area contributed by atoms with E-state index < -0.39 is 0 Å². The van der Waals surface area contributed by atoms with Crippen molar-refractivity contribution in [1.29, 1.82) is 0 Å². The monoisotopic (exact) mass is 262 g/mol. The molecule has 19 heavy (non-hydrogen) atoms. The molecule has 0 atom stereocenters. The largest absolute Gasteiger partial charge is 0.469 e. The lowest BCUT2D eigenvalue weighted by Gasteiger charge is -2.17. The fourth-order valence-electron chi connectivity index (χ4n) is 2.13. The summed E-state index contributed by atoms with van der Waals surface area (Å²) in [6.45, 7) is 3.43. The molecule has 0 fully saturated rings. The Kier molecular flexibility index (Phi) is 4.35. The number of hydrogen-bond acceptors (Lipinski definition) is 3. The first-order valence-corrected chi connectivity index (χ1v) is 6.29. The van der Waals surface area contributed by atoms with Crippen LogP contribution in [0.1, 0.15) is 22.5 Å². The Morgan fingerprint density at radius 3 is 2.47 bits per heavy atom. The van der Waals surface area contributed by atoms with E-state index in [1.54, 1.807) is 18.4 Å². The van der Waals surface area contributed by atoms with Gasteiger partial charge in [-0.15, -0.1) is 0 Å². The third-order valence-corrected chi connectivity index (χ3v) is 3.23. The van der Waals surface area contributed by atoms with Crippen molar-refractivity contribution in [1.82, 2.24) is 4.90 Å². The van der Waals surface area contributed by atoms with Gasteiger partial charge in [0.25, 0.3) is 0 Å². The predicted octanol–water partition coefficient (Wildman–Crippen LogP) is 2.82. The van der Waals surface area contributed by atoms with Crippen LogP contribution in [0.4, 0.5) is 4.39 Å². The molecule has 0 saturated carbocycles. The maximum absolute atomic E-state index is 14.1. The normalized spacial score (nSPS) is 11.2. The quantitative estimate of drug-likeness (QED) is 0.901. The van der Waals surface area contributed by atoms with E-state index in [9.17, 15) is 4.39 Å². The molecule has 0 aliphatic heterocycles. The number of benzene rings is 1. The molecule has 0 unspecified atom stereocenters. The zero-order valence-corrected chi connectivity index (χ0v) is 11.3. The first-order valence-electron chi connectivity index (χ1n) is 6.29. The summed E-state index contributed by atoms with van der Waals surface area (Å²) in [5.74, 6) is 0.712. The average molecular weight is 262 g/mol. The van der Waals surface area contributed by atoms with Gasteiger partial charge in [-0.3, -0.25) is 4.90 Å². The lowest BCUT2D eigenvalue weighted by Crippen LogP contribution is -2.18. The third kappa shape index (κ3) is 3.22. The van der Waals surface area contributed by atoms with E-state index in [4.69, 9.17) is 10.2 Å². The van der Waals surface area contributed by atoms with Gasteiger partial charge in [0.2, 0.25) is 0 Å². The Labute approximate surface area is 112 Å². The second-order valence-corrected chi connectivity index (χ2v) is 4.77. The SMILES string of the molecule is Cc1occc1CN(C)Cc1cccc(CN)c1F. The Hall–Kier alpha value is -1.65. The van der Waals surface area contributed by atoms with Gasteiger partial charge in [0, 0.05) is 36.3 Å². The van der Waals surface area contributed by atoms with Crippen LogP contribution in [0.15, 0.2) is 34.9 Å². The second kappa shape index (κ2) is 5.99. The van der Waals surface area contributed by atoms with Gasteiger partial charge in [-0.2, -0.15) is 0 Å². The van der Waals surface area contributed by atoms with Gasteiger partial charge < -0.3 is 10.2 Å². The second-order valence-electron chi connectivity index (χ2n) is 4.77. The van der Waals surface area contributed by atoms with Crippen LogP contribution in [0.3, 0.4) is 0 Å². The number of rotatable bonds is 5. The van der Waals surface area contributed by atoms with Gasteiger partial charge in [-0.05, 0) is 20.0 Å². The van der Waals surface area contributed by atoms with Crippen LogP contribution in [0.5, 0.6) is 0 Å². The van der Waals surface area contributed by atoms with E-state index in [1.165, 1.54) is 0 Å². The third-order valence-electron chi connectivity index (χ3n) is 3.23. The predicted molar refractivity (Wildman–Crippen MR) is 72.9 cm³/mol. The Morgan fingerprint density at radius 2 is 1.84 bits per heavy atom. The van der Waals surface area contributed by atoms with E-state index >= 15 is 0 Å². The highest BCUT2D eigenvalue weighted by atomic mass is 19.1. The van der Waals surface area contributed by atoms with Crippen molar-refractivity contribution in [2.24, 2.45) is 5.73 Å². The number of nitrogens with zero attached hydrogens (tertiary/aromatic N) is 1. The maximum atomic E-state index is 14.1. The molecule has 1 heterocycles. The number of hydrogen-bond donors (Lipinski definition) is 1. The highest BCUT2D eigenvalue weighted by Gasteiger charge is 2.11. The van der Waals surface area contributed by atoms with Crippen LogP contribution in [0.25, 0.3) is 0 Å². The summed E-state index contributed by atoms with van der Waals surface area (Å²) < 4.78 is 19.3. The van der Waals surface area contributed by atoms with Crippen LogP contribution < -0.4 is 5.73 Å². The van der Waals surface area contributed by atoms with Gasteiger partial charge in [-0.1, -0.05) is 18.2 Å². The van der Waals surface area contributed by atoms with Crippen molar-refractivity contribution >= 4 is 0 Å². The van der Waals surface area contributed by atoms with E-state index in [0.717, 1.165) is 17.9 Å². The Bertz CT molecular complexity index is 551. The average Bonchev–Trinajstić information content (AvgIpc) is 2.78. The summed E-state index contributed by atoms with van der Waals surface area (Å²) in [6, 6.07) is 7.31. The summed E-state index contributed by atoms with van der Waals surface area (Å²) in [4.78, 5) is 2.05. The Morgan fingerprint density at radius 1 is 1.16 bits per heavy atom. The summed E-state index contributed by atoms with van der Waals surface area (Å²) >= 11 is 0. The van der Waals surface area contributed by atoms with Crippen LogP contribution >= 0.6 is 0 Å².